The van der Waals surface area contributed by atoms with E-state index in [9.17, 15) is 20.0 Å². The number of nitro groups is 1. The molecular weight excluding hydrogens is 532 g/mol. The molecule has 0 spiro atoms. The zero-order valence-corrected chi connectivity index (χ0v) is 19.5. The van der Waals surface area contributed by atoms with E-state index >= 15 is 0 Å². The van der Waals surface area contributed by atoms with E-state index in [1.165, 1.54) is 23.0 Å². The second-order valence-electron chi connectivity index (χ2n) is 7.45. The zero-order valence-electron chi connectivity index (χ0n) is 16.3. The van der Waals surface area contributed by atoms with Crippen LogP contribution in [0.25, 0.3) is 10.9 Å². The molecule has 3 aromatic rings. The quantitative estimate of drug-likeness (QED) is 0.264. The highest BCUT2D eigenvalue weighted by Gasteiger charge is 2.23. The summed E-state index contributed by atoms with van der Waals surface area (Å²) in [7, 11) is 0. The molecule has 31 heavy (non-hydrogen) atoms. The molecule has 160 valence electrons. The van der Waals surface area contributed by atoms with Crippen LogP contribution in [0.4, 0.5) is 5.69 Å². The Bertz CT molecular complexity index is 1270. The van der Waals surface area contributed by atoms with Gasteiger partial charge in [-0.3, -0.25) is 14.9 Å². The normalized spacial score (nSPS) is 15.0. The number of aromatic nitrogens is 2. The third kappa shape index (κ3) is 4.40. The second kappa shape index (κ2) is 8.88. The smallest absolute Gasteiger partial charge is 0.312 e. The van der Waals surface area contributed by atoms with E-state index < -0.39 is 16.4 Å². The van der Waals surface area contributed by atoms with E-state index in [1.807, 2.05) is 6.07 Å². The SMILES string of the molecule is O=c1c2cc(Br)ccc2nc(C2CCCCC2)n1N=Cc1cc(Br)cc([N+](=O)[O-])c1O. The fourth-order valence-electron chi connectivity index (χ4n) is 3.87. The number of benzene rings is 2. The summed E-state index contributed by atoms with van der Waals surface area (Å²) in [6, 6.07) is 8.04. The molecule has 10 heteroatoms. The largest absolute Gasteiger partial charge is 0.502 e. The van der Waals surface area contributed by atoms with Crippen LogP contribution in [0.3, 0.4) is 0 Å². The summed E-state index contributed by atoms with van der Waals surface area (Å²) in [6.45, 7) is 0. The van der Waals surface area contributed by atoms with E-state index in [-0.39, 0.29) is 17.0 Å². The first-order valence-corrected chi connectivity index (χ1v) is 11.4. The fraction of sp³-hybridized carbons (Fsp3) is 0.286. The van der Waals surface area contributed by atoms with Crippen molar-refractivity contribution in [3.05, 3.63) is 71.1 Å². The molecule has 1 aliphatic carbocycles. The van der Waals surface area contributed by atoms with Crippen molar-refractivity contribution < 1.29 is 10.0 Å². The van der Waals surface area contributed by atoms with Gasteiger partial charge in [0.15, 0.2) is 0 Å². The molecule has 1 heterocycles. The predicted molar refractivity (Wildman–Crippen MR) is 125 cm³/mol. The van der Waals surface area contributed by atoms with Gasteiger partial charge in [0.1, 0.15) is 5.82 Å². The van der Waals surface area contributed by atoms with Gasteiger partial charge < -0.3 is 5.11 Å². The van der Waals surface area contributed by atoms with Crippen LogP contribution in [-0.4, -0.2) is 25.9 Å². The molecule has 2 aromatic carbocycles. The number of fused-ring (bicyclic) bond motifs is 1. The van der Waals surface area contributed by atoms with Gasteiger partial charge in [-0.05, 0) is 37.1 Å². The topological polar surface area (TPSA) is 111 Å². The maximum absolute atomic E-state index is 13.3. The van der Waals surface area contributed by atoms with Crippen LogP contribution in [0.5, 0.6) is 5.75 Å². The third-order valence-corrected chi connectivity index (χ3v) is 6.35. The molecule has 0 saturated heterocycles. The molecule has 0 unspecified atom stereocenters. The summed E-state index contributed by atoms with van der Waals surface area (Å²) in [4.78, 5) is 28.6. The van der Waals surface area contributed by atoms with Gasteiger partial charge in [0, 0.05) is 26.5 Å². The van der Waals surface area contributed by atoms with Gasteiger partial charge in [0.05, 0.1) is 22.0 Å². The lowest BCUT2D eigenvalue weighted by molar-refractivity contribution is -0.385. The molecule has 1 saturated carbocycles. The Labute approximate surface area is 194 Å². The zero-order chi connectivity index (χ0) is 22.1. The van der Waals surface area contributed by atoms with Crippen molar-refractivity contribution in [1.29, 1.82) is 0 Å². The maximum Gasteiger partial charge on any atom is 0.312 e. The number of rotatable bonds is 4. The van der Waals surface area contributed by atoms with Gasteiger partial charge in [-0.1, -0.05) is 51.1 Å². The van der Waals surface area contributed by atoms with Crippen LogP contribution in [0.2, 0.25) is 0 Å². The summed E-state index contributed by atoms with van der Waals surface area (Å²) in [5.41, 5.74) is -0.0542. The Morgan fingerprint density at radius 1 is 1.16 bits per heavy atom. The fourth-order valence-corrected chi connectivity index (χ4v) is 4.69. The van der Waals surface area contributed by atoms with Crippen molar-refractivity contribution in [1.82, 2.24) is 9.66 Å². The average Bonchev–Trinajstić information content (AvgIpc) is 2.75. The van der Waals surface area contributed by atoms with Crippen molar-refractivity contribution in [3.63, 3.8) is 0 Å². The summed E-state index contributed by atoms with van der Waals surface area (Å²) in [6.07, 6.45) is 6.35. The van der Waals surface area contributed by atoms with Crippen molar-refractivity contribution >= 4 is 54.7 Å². The van der Waals surface area contributed by atoms with Crippen LogP contribution < -0.4 is 5.56 Å². The highest BCUT2D eigenvalue weighted by molar-refractivity contribution is 9.10. The van der Waals surface area contributed by atoms with Crippen LogP contribution >= 0.6 is 31.9 Å². The molecule has 1 aliphatic rings. The standard InChI is InChI=1S/C21H18Br2N4O4/c22-14-6-7-17-16(9-14)21(29)26(20(25-17)12-4-2-1-3-5-12)24-11-13-8-15(23)10-18(19(13)28)27(30)31/h6-12,28H,1-5H2. The van der Waals surface area contributed by atoms with Gasteiger partial charge >= 0.3 is 5.69 Å². The van der Waals surface area contributed by atoms with Crippen molar-refractivity contribution in [2.75, 3.05) is 0 Å². The molecule has 0 bridgehead atoms. The highest BCUT2D eigenvalue weighted by atomic mass is 79.9. The maximum atomic E-state index is 13.3. The Balaban J connectivity index is 1.89. The van der Waals surface area contributed by atoms with E-state index in [1.54, 1.807) is 12.1 Å². The number of hydrogen-bond acceptors (Lipinski definition) is 6. The first-order chi connectivity index (χ1) is 14.8. The van der Waals surface area contributed by atoms with Gasteiger partial charge in [-0.25, -0.2) is 4.98 Å². The van der Waals surface area contributed by atoms with Crippen LogP contribution in [0.1, 0.15) is 49.4 Å². The lowest BCUT2D eigenvalue weighted by atomic mass is 9.88. The molecule has 0 atom stereocenters. The number of aromatic hydroxyl groups is 1. The monoisotopic (exact) mass is 548 g/mol. The Kier molecular flexibility index (Phi) is 6.19. The molecular formula is C21H18Br2N4O4. The average molecular weight is 550 g/mol. The Morgan fingerprint density at radius 3 is 2.61 bits per heavy atom. The lowest BCUT2D eigenvalue weighted by Crippen LogP contribution is -2.25. The van der Waals surface area contributed by atoms with Gasteiger partial charge in [-0.2, -0.15) is 9.78 Å². The molecule has 1 N–H and O–H groups in total. The minimum atomic E-state index is -0.674. The van der Waals surface area contributed by atoms with Crippen molar-refractivity contribution in [2.24, 2.45) is 5.10 Å². The summed E-state index contributed by atoms with van der Waals surface area (Å²) in [5.74, 6) is 0.151. The van der Waals surface area contributed by atoms with Crippen LogP contribution in [-0.2, 0) is 0 Å². The van der Waals surface area contributed by atoms with Gasteiger partial charge in [0.25, 0.3) is 5.56 Å². The molecule has 8 nitrogen and oxygen atoms in total. The lowest BCUT2D eigenvalue weighted by Gasteiger charge is -2.22. The number of nitro benzene ring substituents is 1. The van der Waals surface area contributed by atoms with Crippen molar-refractivity contribution in [2.45, 2.75) is 38.0 Å². The summed E-state index contributed by atoms with van der Waals surface area (Å²) in [5, 5.41) is 26.2. The second-order valence-corrected chi connectivity index (χ2v) is 9.28. The molecule has 1 fully saturated rings. The molecule has 0 radical (unpaired) electrons. The Hall–Kier alpha value is -2.59. The van der Waals surface area contributed by atoms with E-state index in [2.05, 4.69) is 37.0 Å². The molecule has 0 aliphatic heterocycles. The number of halogens is 2. The third-order valence-electron chi connectivity index (χ3n) is 5.40. The number of nitrogens with zero attached hydrogens (tertiary/aromatic N) is 4. The van der Waals surface area contributed by atoms with E-state index in [4.69, 9.17) is 4.98 Å². The summed E-state index contributed by atoms with van der Waals surface area (Å²) >= 11 is 6.59. The van der Waals surface area contributed by atoms with E-state index in [0.717, 1.165) is 36.6 Å². The van der Waals surface area contributed by atoms with Crippen LogP contribution in [0, 0.1) is 10.1 Å². The number of phenols is 1. The molecule has 1 aromatic heterocycles. The minimum absolute atomic E-state index is 0.0945. The van der Waals surface area contributed by atoms with Gasteiger partial charge in [-0.15, -0.1) is 0 Å². The summed E-state index contributed by atoms with van der Waals surface area (Å²) < 4.78 is 2.43. The van der Waals surface area contributed by atoms with E-state index in [0.29, 0.717) is 21.2 Å². The minimum Gasteiger partial charge on any atom is -0.502 e. The molecule has 0 amide bonds. The van der Waals surface area contributed by atoms with Crippen LogP contribution in [0.15, 0.2) is 49.2 Å². The van der Waals surface area contributed by atoms with Crippen molar-refractivity contribution in [3.8, 4) is 5.75 Å². The first kappa shape index (κ1) is 21.6. The number of phenolic OH excluding ortho intramolecular Hbond substituents is 1. The highest BCUT2D eigenvalue weighted by Crippen LogP contribution is 2.34. The number of hydrogen-bond donors (Lipinski definition) is 1. The first-order valence-electron chi connectivity index (χ1n) is 9.78. The Morgan fingerprint density at radius 2 is 1.90 bits per heavy atom. The predicted octanol–water partition coefficient (Wildman–Crippen LogP) is 5.47. The molecule has 4 rings (SSSR count). The van der Waals surface area contributed by atoms with Gasteiger partial charge in [0.2, 0.25) is 5.75 Å².